The SMILES string of the molecule is CC(C)COc1nc(-c2ccc(Cl)c(Cl)c2)n(-c2ccc(N)cc2)n1. The molecule has 130 valence electrons. The highest BCUT2D eigenvalue weighted by Gasteiger charge is 2.16. The van der Waals surface area contributed by atoms with E-state index in [0.29, 0.717) is 40.1 Å². The molecule has 0 bridgehead atoms. The molecule has 7 heteroatoms. The van der Waals surface area contributed by atoms with E-state index in [-0.39, 0.29) is 0 Å². The van der Waals surface area contributed by atoms with Crippen molar-refractivity contribution in [1.82, 2.24) is 14.8 Å². The monoisotopic (exact) mass is 376 g/mol. The molecule has 25 heavy (non-hydrogen) atoms. The van der Waals surface area contributed by atoms with Gasteiger partial charge in [-0.15, -0.1) is 5.10 Å². The third-order valence-corrected chi connectivity index (χ3v) is 4.19. The lowest BCUT2D eigenvalue weighted by atomic mass is 10.2. The maximum Gasteiger partial charge on any atom is 0.336 e. The fraction of sp³-hybridized carbons (Fsp3) is 0.222. The summed E-state index contributed by atoms with van der Waals surface area (Å²) in [6.45, 7) is 4.67. The van der Waals surface area contributed by atoms with Crippen LogP contribution < -0.4 is 10.5 Å². The average molecular weight is 377 g/mol. The van der Waals surface area contributed by atoms with Crippen LogP contribution in [0.25, 0.3) is 17.1 Å². The molecule has 0 saturated heterocycles. The van der Waals surface area contributed by atoms with Crippen molar-refractivity contribution in [3.63, 3.8) is 0 Å². The second-order valence-electron chi connectivity index (χ2n) is 6.06. The second kappa shape index (κ2) is 7.33. The number of aromatic nitrogens is 3. The first kappa shape index (κ1) is 17.6. The standard InChI is InChI=1S/C18H18Cl2N4O/c1-11(2)10-25-18-22-17(12-3-8-15(19)16(20)9-12)24(23-18)14-6-4-13(21)5-7-14/h3-9,11H,10,21H2,1-2H3. The summed E-state index contributed by atoms with van der Waals surface area (Å²) >= 11 is 12.2. The van der Waals surface area contributed by atoms with Gasteiger partial charge in [-0.25, -0.2) is 4.68 Å². The summed E-state index contributed by atoms with van der Waals surface area (Å²) in [5.41, 5.74) is 8.06. The normalized spacial score (nSPS) is 11.1. The van der Waals surface area contributed by atoms with E-state index in [2.05, 4.69) is 23.9 Å². The Morgan fingerprint density at radius 1 is 1.08 bits per heavy atom. The highest BCUT2D eigenvalue weighted by molar-refractivity contribution is 6.42. The summed E-state index contributed by atoms with van der Waals surface area (Å²) in [7, 11) is 0. The average Bonchev–Trinajstić information content (AvgIpc) is 3.00. The fourth-order valence-electron chi connectivity index (χ4n) is 2.21. The number of rotatable bonds is 5. The van der Waals surface area contributed by atoms with Crippen molar-refractivity contribution in [3.8, 4) is 23.1 Å². The van der Waals surface area contributed by atoms with Gasteiger partial charge in [0.1, 0.15) is 0 Å². The predicted molar refractivity (Wildman–Crippen MR) is 102 cm³/mol. The number of nitrogens with two attached hydrogens (primary N) is 1. The predicted octanol–water partition coefficient (Wildman–Crippen LogP) is 4.86. The number of benzene rings is 2. The minimum Gasteiger partial charge on any atom is -0.462 e. The quantitative estimate of drug-likeness (QED) is 0.645. The van der Waals surface area contributed by atoms with Crippen LogP contribution in [-0.2, 0) is 0 Å². The number of hydrogen-bond donors (Lipinski definition) is 1. The molecule has 2 N–H and O–H groups in total. The Kier molecular flexibility index (Phi) is 5.16. The van der Waals surface area contributed by atoms with E-state index in [1.54, 1.807) is 16.8 Å². The van der Waals surface area contributed by atoms with E-state index in [9.17, 15) is 0 Å². The van der Waals surface area contributed by atoms with Crippen molar-refractivity contribution >= 4 is 28.9 Å². The summed E-state index contributed by atoms with van der Waals surface area (Å²) < 4.78 is 7.39. The van der Waals surface area contributed by atoms with Crippen LogP contribution in [0.5, 0.6) is 6.01 Å². The molecule has 0 unspecified atom stereocenters. The summed E-state index contributed by atoms with van der Waals surface area (Å²) in [5, 5.41) is 5.42. The van der Waals surface area contributed by atoms with Crippen LogP contribution in [-0.4, -0.2) is 21.4 Å². The summed E-state index contributed by atoms with van der Waals surface area (Å²) in [6.07, 6.45) is 0. The molecule has 3 aromatic rings. The molecule has 0 spiro atoms. The van der Waals surface area contributed by atoms with Crippen LogP contribution in [0.3, 0.4) is 0 Å². The molecular weight excluding hydrogens is 359 g/mol. The molecule has 0 fully saturated rings. The van der Waals surface area contributed by atoms with Crippen molar-refractivity contribution in [3.05, 3.63) is 52.5 Å². The third kappa shape index (κ3) is 4.06. The first-order chi connectivity index (χ1) is 11.9. The molecular formula is C18H18Cl2N4O. The van der Waals surface area contributed by atoms with Gasteiger partial charge in [0.15, 0.2) is 5.82 Å². The van der Waals surface area contributed by atoms with Crippen LogP contribution >= 0.6 is 23.2 Å². The Bertz CT molecular complexity index is 875. The number of nitrogen functional groups attached to an aromatic ring is 1. The molecule has 5 nitrogen and oxygen atoms in total. The van der Waals surface area contributed by atoms with Crippen LogP contribution in [0.15, 0.2) is 42.5 Å². The van der Waals surface area contributed by atoms with Gasteiger partial charge < -0.3 is 10.5 Å². The molecule has 0 radical (unpaired) electrons. The van der Waals surface area contributed by atoms with E-state index in [1.165, 1.54) is 0 Å². The van der Waals surface area contributed by atoms with Crippen molar-refractivity contribution in [1.29, 1.82) is 0 Å². The molecule has 0 aliphatic carbocycles. The molecule has 1 heterocycles. The number of anilines is 1. The molecule has 1 aromatic heterocycles. The number of ether oxygens (including phenoxy) is 1. The van der Waals surface area contributed by atoms with Gasteiger partial charge in [-0.3, -0.25) is 0 Å². The minimum absolute atomic E-state index is 0.312. The Hall–Kier alpha value is -2.24. The molecule has 0 aliphatic rings. The van der Waals surface area contributed by atoms with E-state index in [1.807, 2.05) is 30.3 Å². The first-order valence-corrected chi connectivity index (χ1v) is 8.61. The van der Waals surface area contributed by atoms with Crippen molar-refractivity contribution < 1.29 is 4.74 Å². The lowest BCUT2D eigenvalue weighted by Crippen LogP contribution is -2.06. The van der Waals surface area contributed by atoms with Crippen LogP contribution in [0.2, 0.25) is 10.0 Å². The summed E-state index contributed by atoms with van der Waals surface area (Å²) in [6, 6.07) is 13.0. The van der Waals surface area contributed by atoms with E-state index in [0.717, 1.165) is 11.3 Å². The van der Waals surface area contributed by atoms with Crippen molar-refractivity contribution in [2.24, 2.45) is 5.92 Å². The lowest BCUT2D eigenvalue weighted by molar-refractivity contribution is 0.251. The van der Waals surface area contributed by atoms with E-state index < -0.39 is 0 Å². The van der Waals surface area contributed by atoms with Gasteiger partial charge in [-0.1, -0.05) is 37.0 Å². The highest BCUT2D eigenvalue weighted by Crippen LogP contribution is 2.30. The number of halogens is 2. The van der Waals surface area contributed by atoms with Gasteiger partial charge in [-0.05, 0) is 48.4 Å². The van der Waals surface area contributed by atoms with Crippen LogP contribution in [0.1, 0.15) is 13.8 Å². The van der Waals surface area contributed by atoms with E-state index >= 15 is 0 Å². The Morgan fingerprint density at radius 2 is 1.80 bits per heavy atom. The smallest absolute Gasteiger partial charge is 0.336 e. The van der Waals surface area contributed by atoms with Gasteiger partial charge >= 0.3 is 6.01 Å². The molecule has 0 atom stereocenters. The Morgan fingerprint density at radius 3 is 2.44 bits per heavy atom. The summed E-state index contributed by atoms with van der Waals surface area (Å²) in [4.78, 5) is 4.52. The van der Waals surface area contributed by atoms with Crippen molar-refractivity contribution in [2.45, 2.75) is 13.8 Å². The second-order valence-corrected chi connectivity index (χ2v) is 6.87. The van der Waals surface area contributed by atoms with Crippen LogP contribution in [0, 0.1) is 5.92 Å². The van der Waals surface area contributed by atoms with Gasteiger partial charge in [0.25, 0.3) is 0 Å². The van der Waals surface area contributed by atoms with Gasteiger partial charge in [0.2, 0.25) is 0 Å². The Balaban J connectivity index is 2.07. The minimum atomic E-state index is 0.312. The fourth-order valence-corrected chi connectivity index (χ4v) is 2.51. The van der Waals surface area contributed by atoms with E-state index in [4.69, 9.17) is 33.7 Å². The number of nitrogens with zero attached hydrogens (tertiary/aromatic N) is 3. The summed E-state index contributed by atoms with van der Waals surface area (Å²) in [5.74, 6) is 0.985. The Labute approximate surface area is 156 Å². The topological polar surface area (TPSA) is 66.0 Å². The molecule has 0 amide bonds. The maximum atomic E-state index is 6.16. The third-order valence-electron chi connectivity index (χ3n) is 3.45. The maximum absolute atomic E-state index is 6.16. The molecule has 3 rings (SSSR count). The lowest BCUT2D eigenvalue weighted by Gasteiger charge is -2.07. The van der Waals surface area contributed by atoms with Crippen molar-refractivity contribution in [2.75, 3.05) is 12.3 Å². The zero-order valence-electron chi connectivity index (χ0n) is 13.9. The van der Waals surface area contributed by atoms with Gasteiger partial charge in [0, 0.05) is 11.3 Å². The first-order valence-electron chi connectivity index (χ1n) is 7.85. The molecule has 0 aliphatic heterocycles. The molecule has 2 aromatic carbocycles. The zero-order valence-corrected chi connectivity index (χ0v) is 15.4. The van der Waals surface area contributed by atoms with Crippen LogP contribution in [0.4, 0.5) is 5.69 Å². The highest BCUT2D eigenvalue weighted by atomic mass is 35.5. The largest absolute Gasteiger partial charge is 0.462 e. The number of hydrogen-bond acceptors (Lipinski definition) is 4. The van der Waals surface area contributed by atoms with Gasteiger partial charge in [0.05, 0.1) is 22.3 Å². The van der Waals surface area contributed by atoms with Gasteiger partial charge in [-0.2, -0.15) is 4.98 Å². The molecule has 0 saturated carbocycles. The zero-order chi connectivity index (χ0) is 18.0.